The van der Waals surface area contributed by atoms with Crippen LogP contribution in [0.15, 0.2) is 77.2 Å². The Bertz CT molecular complexity index is 1340. The van der Waals surface area contributed by atoms with Crippen molar-refractivity contribution in [2.24, 2.45) is 0 Å². The highest BCUT2D eigenvalue weighted by atomic mass is 35.5. The first-order chi connectivity index (χ1) is 15.1. The average Bonchev–Trinajstić information content (AvgIpc) is 3.26. The molecule has 4 rings (SSSR count). The van der Waals surface area contributed by atoms with Gasteiger partial charge in [-0.25, -0.2) is 4.79 Å². The third kappa shape index (κ3) is 4.23. The monoisotopic (exact) mass is 427 g/mol. The number of hydrogen-bond donors (Lipinski definition) is 0. The van der Waals surface area contributed by atoms with E-state index in [1.54, 1.807) is 43.3 Å². The molecule has 4 aromatic rings. The van der Waals surface area contributed by atoms with Crippen LogP contribution in [-0.2, 0) is 4.74 Å². The summed E-state index contributed by atoms with van der Waals surface area (Å²) < 4.78 is 11.0. The maximum atomic E-state index is 12.1. The Kier molecular flexibility index (Phi) is 5.88. The fraction of sp³-hybridized carbons (Fsp3) is 0.0769. The molecule has 0 saturated heterocycles. The van der Waals surface area contributed by atoms with Crippen LogP contribution in [0, 0.1) is 11.3 Å². The summed E-state index contributed by atoms with van der Waals surface area (Å²) in [5.41, 5.74) is 2.31. The van der Waals surface area contributed by atoms with E-state index in [1.807, 2.05) is 42.5 Å². The van der Waals surface area contributed by atoms with Gasteiger partial charge >= 0.3 is 5.97 Å². The van der Waals surface area contributed by atoms with Crippen LogP contribution in [0.2, 0.25) is 5.02 Å². The number of carbonyl (C=O) groups is 1. The lowest BCUT2D eigenvalue weighted by Gasteiger charge is -2.06. The van der Waals surface area contributed by atoms with Crippen molar-refractivity contribution in [3.05, 3.63) is 94.7 Å². The third-order valence-electron chi connectivity index (χ3n) is 4.86. The van der Waals surface area contributed by atoms with E-state index >= 15 is 0 Å². The highest BCUT2D eigenvalue weighted by Crippen LogP contribution is 2.30. The molecule has 1 heterocycles. The summed E-state index contributed by atoms with van der Waals surface area (Å²) in [4.78, 5) is 12.1. The summed E-state index contributed by atoms with van der Waals surface area (Å²) in [7, 11) is 0. The molecular formula is C26H18ClNO3. The number of halogens is 1. The maximum Gasteiger partial charge on any atom is 0.339 e. The number of hydrogen-bond acceptors (Lipinski definition) is 4. The smallest absolute Gasteiger partial charge is 0.339 e. The van der Waals surface area contributed by atoms with Gasteiger partial charge in [-0.15, -0.1) is 0 Å². The molecule has 0 radical (unpaired) electrons. The molecule has 0 aliphatic heterocycles. The van der Waals surface area contributed by atoms with Gasteiger partial charge in [-0.3, -0.25) is 0 Å². The lowest BCUT2D eigenvalue weighted by molar-refractivity contribution is 0.0526. The Morgan fingerprint density at radius 2 is 1.87 bits per heavy atom. The zero-order valence-corrected chi connectivity index (χ0v) is 17.5. The third-order valence-corrected chi connectivity index (χ3v) is 5.19. The van der Waals surface area contributed by atoms with Crippen molar-refractivity contribution in [1.29, 1.82) is 5.26 Å². The van der Waals surface area contributed by atoms with E-state index in [1.165, 1.54) is 0 Å². The van der Waals surface area contributed by atoms with Crippen molar-refractivity contribution in [2.45, 2.75) is 6.92 Å². The van der Waals surface area contributed by atoms with Gasteiger partial charge in [0.25, 0.3) is 0 Å². The van der Waals surface area contributed by atoms with E-state index in [9.17, 15) is 10.1 Å². The molecule has 0 aliphatic carbocycles. The van der Waals surface area contributed by atoms with Crippen LogP contribution >= 0.6 is 11.6 Å². The van der Waals surface area contributed by atoms with Crippen molar-refractivity contribution in [3.63, 3.8) is 0 Å². The van der Waals surface area contributed by atoms with E-state index in [4.69, 9.17) is 20.8 Å². The molecule has 0 unspecified atom stereocenters. The number of fused-ring (bicyclic) bond motifs is 1. The molecule has 0 N–H and O–H groups in total. The highest BCUT2D eigenvalue weighted by molar-refractivity contribution is 6.33. The summed E-state index contributed by atoms with van der Waals surface area (Å²) >= 11 is 6.15. The van der Waals surface area contributed by atoms with Crippen molar-refractivity contribution >= 4 is 40.0 Å². The van der Waals surface area contributed by atoms with Gasteiger partial charge in [0, 0.05) is 11.1 Å². The number of benzene rings is 3. The second kappa shape index (κ2) is 8.91. The molecule has 0 aliphatic rings. The zero-order valence-electron chi connectivity index (χ0n) is 16.8. The van der Waals surface area contributed by atoms with Gasteiger partial charge < -0.3 is 9.15 Å². The molecule has 5 heteroatoms. The Labute approximate surface area is 184 Å². The predicted molar refractivity (Wildman–Crippen MR) is 123 cm³/mol. The first-order valence-electron chi connectivity index (χ1n) is 9.77. The average molecular weight is 428 g/mol. The van der Waals surface area contributed by atoms with Crippen molar-refractivity contribution in [2.75, 3.05) is 6.61 Å². The van der Waals surface area contributed by atoms with E-state index < -0.39 is 5.97 Å². The van der Waals surface area contributed by atoms with Crippen LogP contribution in [0.1, 0.15) is 28.6 Å². The normalized spacial score (nSPS) is 11.3. The molecule has 1 aromatic heterocycles. The Morgan fingerprint density at radius 1 is 1.06 bits per heavy atom. The summed E-state index contributed by atoms with van der Waals surface area (Å²) in [5.74, 6) is 0.611. The number of carbonyl (C=O) groups excluding carboxylic acids is 1. The number of esters is 1. The van der Waals surface area contributed by atoms with Crippen LogP contribution in [-0.4, -0.2) is 12.6 Å². The summed E-state index contributed by atoms with van der Waals surface area (Å²) in [6.45, 7) is 2.00. The fourth-order valence-corrected chi connectivity index (χ4v) is 3.60. The van der Waals surface area contributed by atoms with E-state index in [0.29, 0.717) is 27.7 Å². The molecule has 0 fully saturated rings. The zero-order chi connectivity index (χ0) is 21.8. The molecule has 152 valence electrons. The van der Waals surface area contributed by atoms with Gasteiger partial charge in [0.2, 0.25) is 0 Å². The Morgan fingerprint density at radius 3 is 2.68 bits per heavy atom. The van der Waals surface area contributed by atoms with Gasteiger partial charge in [-0.1, -0.05) is 54.1 Å². The second-order valence-corrected chi connectivity index (χ2v) is 7.22. The van der Waals surface area contributed by atoms with Gasteiger partial charge in [0.1, 0.15) is 11.5 Å². The molecule has 0 atom stereocenters. The van der Waals surface area contributed by atoms with Crippen molar-refractivity contribution < 1.29 is 13.9 Å². The van der Waals surface area contributed by atoms with Crippen LogP contribution < -0.4 is 0 Å². The molecular weight excluding hydrogens is 410 g/mol. The lowest BCUT2D eigenvalue weighted by Crippen LogP contribution is -2.05. The van der Waals surface area contributed by atoms with Gasteiger partial charge in [-0.2, -0.15) is 5.26 Å². The topological polar surface area (TPSA) is 63.2 Å². The van der Waals surface area contributed by atoms with Gasteiger partial charge in [0.05, 0.1) is 28.8 Å². The number of rotatable bonds is 5. The van der Waals surface area contributed by atoms with E-state index in [2.05, 4.69) is 6.07 Å². The first kappa shape index (κ1) is 20.5. The predicted octanol–water partition coefficient (Wildman–Crippen LogP) is 6.99. The standard InChI is InChI=1S/C26H18ClNO3/c1-2-30-26(29)23-15-18(10-12-24(23)27)25-13-11-20(31-25)14-19(16-28)22-9-5-7-17-6-3-4-8-21(17)22/h3-15H,2H2,1H3/b19-14-. The van der Waals surface area contributed by atoms with Crippen molar-refractivity contribution in [3.8, 4) is 17.4 Å². The maximum absolute atomic E-state index is 12.1. The number of nitriles is 1. The lowest BCUT2D eigenvalue weighted by atomic mass is 9.98. The highest BCUT2D eigenvalue weighted by Gasteiger charge is 2.15. The molecule has 4 nitrogen and oxygen atoms in total. The number of allylic oxidation sites excluding steroid dienone is 1. The SMILES string of the molecule is CCOC(=O)c1cc(-c2ccc(/C=C(/C#N)c3cccc4ccccc34)o2)ccc1Cl. The van der Waals surface area contributed by atoms with Crippen LogP contribution in [0.25, 0.3) is 33.7 Å². The fourth-order valence-electron chi connectivity index (χ4n) is 3.40. The Hall–Kier alpha value is -3.81. The molecule has 0 bridgehead atoms. The summed E-state index contributed by atoms with van der Waals surface area (Å²) in [6, 6.07) is 24.7. The minimum absolute atomic E-state index is 0.264. The van der Waals surface area contributed by atoms with Crippen LogP contribution in [0.4, 0.5) is 0 Å². The number of ether oxygens (including phenoxy) is 1. The molecule has 0 saturated carbocycles. The van der Waals surface area contributed by atoms with E-state index in [-0.39, 0.29) is 12.2 Å². The quantitative estimate of drug-likeness (QED) is 0.254. The largest absolute Gasteiger partial charge is 0.462 e. The van der Waals surface area contributed by atoms with Gasteiger partial charge in [-0.05, 0) is 54.1 Å². The van der Waals surface area contributed by atoms with Gasteiger partial charge in [0.15, 0.2) is 0 Å². The van der Waals surface area contributed by atoms with Crippen LogP contribution in [0.5, 0.6) is 0 Å². The number of nitrogens with zero attached hydrogens (tertiary/aromatic N) is 1. The molecule has 31 heavy (non-hydrogen) atoms. The summed E-state index contributed by atoms with van der Waals surface area (Å²) in [6.07, 6.45) is 1.72. The minimum Gasteiger partial charge on any atom is -0.462 e. The molecule has 0 amide bonds. The summed E-state index contributed by atoms with van der Waals surface area (Å²) in [5, 5.41) is 12.2. The minimum atomic E-state index is -0.483. The number of furan rings is 1. The van der Waals surface area contributed by atoms with Crippen molar-refractivity contribution in [1.82, 2.24) is 0 Å². The van der Waals surface area contributed by atoms with E-state index in [0.717, 1.165) is 16.3 Å². The molecule has 0 spiro atoms. The molecule has 3 aromatic carbocycles. The Balaban J connectivity index is 1.70. The second-order valence-electron chi connectivity index (χ2n) is 6.81. The van der Waals surface area contributed by atoms with Crippen LogP contribution in [0.3, 0.4) is 0 Å². The first-order valence-corrected chi connectivity index (χ1v) is 10.2.